The molecule has 0 saturated heterocycles. The summed E-state index contributed by atoms with van der Waals surface area (Å²) < 4.78 is 10.3. The monoisotopic (exact) mass is 484 g/mol. The fourth-order valence-electron chi connectivity index (χ4n) is 3.30. The Bertz CT molecular complexity index is 1030. The predicted molar refractivity (Wildman–Crippen MR) is 131 cm³/mol. The maximum atomic E-state index is 13.4. The van der Waals surface area contributed by atoms with Crippen molar-refractivity contribution in [3.05, 3.63) is 60.2 Å². The Labute approximate surface area is 204 Å². The minimum absolute atomic E-state index is 0.468. The maximum Gasteiger partial charge on any atom is 0.408 e. The highest BCUT2D eigenvalue weighted by atomic mass is 16.6. The highest BCUT2D eigenvalue weighted by Crippen LogP contribution is 2.24. The van der Waals surface area contributed by atoms with Crippen LogP contribution in [0.25, 0.3) is 0 Å². The molecule has 4 N–H and O–H groups in total. The smallest absolute Gasteiger partial charge is 0.408 e. The van der Waals surface area contributed by atoms with E-state index in [2.05, 4.69) is 10.6 Å². The number of hydrogen-bond donors (Lipinski definition) is 3. The van der Waals surface area contributed by atoms with E-state index >= 15 is 0 Å². The van der Waals surface area contributed by atoms with Gasteiger partial charge in [0.05, 0.1) is 13.5 Å². The van der Waals surface area contributed by atoms with Gasteiger partial charge >= 0.3 is 6.09 Å². The molecule has 0 aliphatic rings. The maximum absolute atomic E-state index is 13.4. The van der Waals surface area contributed by atoms with Gasteiger partial charge in [0, 0.05) is 12.7 Å². The van der Waals surface area contributed by atoms with Crippen LogP contribution in [0.4, 0.5) is 10.5 Å². The molecule has 0 aromatic heterocycles. The number of nitrogens with zero attached hydrogens (tertiary/aromatic N) is 1. The number of likely N-dealkylation sites (N-methyl/N-ethyl adjacent to an activating group) is 1. The summed E-state index contributed by atoms with van der Waals surface area (Å²) in [5, 5.41) is 5.18. The van der Waals surface area contributed by atoms with Crippen LogP contribution in [0.1, 0.15) is 38.8 Å². The molecule has 35 heavy (non-hydrogen) atoms. The van der Waals surface area contributed by atoms with Crippen molar-refractivity contribution in [1.29, 1.82) is 0 Å². The number of ether oxygens (including phenoxy) is 2. The minimum atomic E-state index is -1.33. The van der Waals surface area contributed by atoms with Crippen molar-refractivity contribution < 1.29 is 28.7 Å². The van der Waals surface area contributed by atoms with E-state index in [0.29, 0.717) is 17.0 Å². The first kappa shape index (κ1) is 27.2. The molecule has 2 atom stereocenters. The van der Waals surface area contributed by atoms with Gasteiger partial charge in [-0.3, -0.25) is 14.4 Å². The first-order valence-corrected chi connectivity index (χ1v) is 11.0. The van der Waals surface area contributed by atoms with E-state index in [1.54, 1.807) is 75.4 Å². The van der Waals surface area contributed by atoms with E-state index in [-0.39, 0.29) is 0 Å². The van der Waals surface area contributed by atoms with E-state index in [9.17, 15) is 19.2 Å². The zero-order valence-corrected chi connectivity index (χ0v) is 20.5. The van der Waals surface area contributed by atoms with Crippen molar-refractivity contribution in [3.63, 3.8) is 0 Å². The molecule has 0 aliphatic heterocycles. The summed E-state index contributed by atoms with van der Waals surface area (Å²) in [7, 11) is 2.95. The fraction of sp³-hybridized carbons (Fsp3) is 0.360. The fourth-order valence-corrected chi connectivity index (χ4v) is 3.30. The van der Waals surface area contributed by atoms with Crippen LogP contribution >= 0.6 is 0 Å². The number of primary amides is 1. The number of alkyl carbamates (subject to hydrolysis) is 1. The molecular formula is C25H32N4O6. The summed E-state index contributed by atoms with van der Waals surface area (Å²) in [5.74, 6) is -1.36. The molecule has 0 radical (unpaired) electrons. The number of amides is 4. The Morgan fingerprint density at radius 1 is 1.00 bits per heavy atom. The van der Waals surface area contributed by atoms with Crippen molar-refractivity contribution in [2.75, 3.05) is 19.5 Å². The molecule has 2 rings (SSSR count). The van der Waals surface area contributed by atoms with Gasteiger partial charge < -0.3 is 30.7 Å². The molecule has 0 bridgehead atoms. The van der Waals surface area contributed by atoms with Crippen LogP contribution in [-0.2, 0) is 19.1 Å². The van der Waals surface area contributed by atoms with Gasteiger partial charge in [-0.15, -0.1) is 0 Å². The minimum Gasteiger partial charge on any atom is -0.497 e. The van der Waals surface area contributed by atoms with Gasteiger partial charge in [0.15, 0.2) is 0 Å². The molecule has 10 heteroatoms. The van der Waals surface area contributed by atoms with Gasteiger partial charge in [0.25, 0.3) is 5.91 Å². The molecule has 0 fully saturated rings. The number of anilines is 1. The van der Waals surface area contributed by atoms with Crippen molar-refractivity contribution in [1.82, 2.24) is 10.2 Å². The van der Waals surface area contributed by atoms with Crippen LogP contribution in [-0.4, -0.2) is 54.5 Å². The van der Waals surface area contributed by atoms with Gasteiger partial charge in [0.2, 0.25) is 11.8 Å². The van der Waals surface area contributed by atoms with Crippen molar-refractivity contribution in [2.45, 2.75) is 44.9 Å². The SMILES string of the molecule is COc1ccc(NC(=O)C(c2ccccc2)N(C)C(=O)C(CC(N)=O)NC(=O)OC(C)(C)C)cc1. The standard InChI is InChI=1S/C25H32N4O6/c1-25(2,3)35-24(33)28-19(15-20(26)30)23(32)29(4)21(16-9-7-6-8-10-16)22(31)27-17-11-13-18(34-5)14-12-17/h6-14,19,21H,15H2,1-5H3,(H2,26,30)(H,27,31)(H,28,33). The molecule has 0 heterocycles. The first-order valence-electron chi connectivity index (χ1n) is 11.0. The number of nitrogens with one attached hydrogen (secondary N) is 2. The van der Waals surface area contributed by atoms with Crippen LogP contribution in [0.15, 0.2) is 54.6 Å². The topological polar surface area (TPSA) is 140 Å². The number of methoxy groups -OCH3 is 1. The molecule has 2 aromatic carbocycles. The Hall–Kier alpha value is -4.08. The summed E-state index contributed by atoms with van der Waals surface area (Å²) in [6, 6.07) is 13.0. The molecule has 0 spiro atoms. The highest BCUT2D eigenvalue weighted by molar-refractivity contribution is 5.99. The summed E-state index contributed by atoms with van der Waals surface area (Å²) in [6.07, 6.45) is -1.35. The van der Waals surface area contributed by atoms with Crippen LogP contribution in [0.2, 0.25) is 0 Å². The summed E-state index contributed by atoms with van der Waals surface area (Å²) in [5.41, 5.74) is 5.53. The molecule has 188 valence electrons. The predicted octanol–water partition coefficient (Wildman–Crippen LogP) is 2.60. The quantitative estimate of drug-likeness (QED) is 0.500. The molecule has 0 aliphatic carbocycles. The third kappa shape index (κ3) is 8.33. The Balaban J connectivity index is 2.32. The Kier molecular flexibility index (Phi) is 9.21. The van der Waals surface area contributed by atoms with Crippen molar-refractivity contribution in [3.8, 4) is 5.75 Å². The number of hydrogen-bond acceptors (Lipinski definition) is 6. The molecule has 2 unspecified atom stereocenters. The number of benzene rings is 2. The van der Waals surface area contributed by atoms with E-state index < -0.39 is 47.9 Å². The number of nitrogens with two attached hydrogens (primary N) is 1. The lowest BCUT2D eigenvalue weighted by molar-refractivity contribution is -0.140. The van der Waals surface area contributed by atoms with Crippen molar-refractivity contribution in [2.24, 2.45) is 5.73 Å². The van der Waals surface area contributed by atoms with Crippen LogP contribution < -0.4 is 21.1 Å². The average Bonchev–Trinajstić information content (AvgIpc) is 2.78. The van der Waals surface area contributed by atoms with Crippen molar-refractivity contribution >= 4 is 29.5 Å². The van der Waals surface area contributed by atoms with E-state index in [4.69, 9.17) is 15.2 Å². The second-order valence-corrected chi connectivity index (χ2v) is 8.85. The second kappa shape index (κ2) is 11.9. The van der Waals surface area contributed by atoms with Crippen LogP contribution in [0, 0.1) is 0 Å². The van der Waals surface area contributed by atoms with Gasteiger partial charge in [-0.1, -0.05) is 30.3 Å². The molecule has 10 nitrogen and oxygen atoms in total. The zero-order valence-electron chi connectivity index (χ0n) is 20.5. The molecule has 0 saturated carbocycles. The lowest BCUT2D eigenvalue weighted by atomic mass is 10.0. The number of rotatable bonds is 9. The largest absolute Gasteiger partial charge is 0.497 e. The number of carbonyl (C=O) groups excluding carboxylic acids is 4. The Morgan fingerprint density at radius 3 is 2.11 bits per heavy atom. The lowest BCUT2D eigenvalue weighted by Crippen LogP contribution is -2.52. The van der Waals surface area contributed by atoms with Gasteiger partial charge in [0.1, 0.15) is 23.4 Å². The summed E-state index contributed by atoms with van der Waals surface area (Å²) in [4.78, 5) is 51.8. The molecule has 4 amide bonds. The third-order valence-electron chi connectivity index (χ3n) is 4.85. The lowest BCUT2D eigenvalue weighted by Gasteiger charge is -2.31. The van der Waals surface area contributed by atoms with Crippen LogP contribution in [0.3, 0.4) is 0 Å². The normalized spacial score (nSPS) is 12.6. The average molecular weight is 485 g/mol. The van der Waals surface area contributed by atoms with Crippen LogP contribution in [0.5, 0.6) is 5.75 Å². The molecular weight excluding hydrogens is 452 g/mol. The van der Waals surface area contributed by atoms with E-state index in [1.165, 1.54) is 19.1 Å². The van der Waals surface area contributed by atoms with Gasteiger partial charge in [-0.05, 0) is 50.6 Å². The zero-order chi connectivity index (χ0) is 26.2. The van der Waals surface area contributed by atoms with E-state index in [1.807, 2.05) is 0 Å². The summed E-state index contributed by atoms with van der Waals surface area (Å²) >= 11 is 0. The Morgan fingerprint density at radius 2 is 1.60 bits per heavy atom. The molecule has 2 aromatic rings. The van der Waals surface area contributed by atoms with Gasteiger partial charge in [-0.2, -0.15) is 0 Å². The first-order chi connectivity index (χ1) is 16.4. The van der Waals surface area contributed by atoms with Gasteiger partial charge in [-0.25, -0.2) is 4.79 Å². The highest BCUT2D eigenvalue weighted by Gasteiger charge is 2.34. The van der Waals surface area contributed by atoms with E-state index in [0.717, 1.165) is 0 Å². The number of carbonyl (C=O) groups is 4. The third-order valence-corrected chi connectivity index (χ3v) is 4.85. The second-order valence-electron chi connectivity index (χ2n) is 8.85. The summed E-state index contributed by atoms with van der Waals surface area (Å²) in [6.45, 7) is 5.00.